The van der Waals surface area contributed by atoms with Crippen molar-refractivity contribution in [3.05, 3.63) is 0 Å². The van der Waals surface area contributed by atoms with E-state index in [-0.39, 0.29) is 24.4 Å². The van der Waals surface area contributed by atoms with E-state index in [1.54, 1.807) is 0 Å². The largest absolute Gasteiger partial charge is 0.396 e. The number of aliphatic hydroxyl groups is 2. The molecule has 2 N–H and O–H groups in total. The molecule has 0 amide bonds. The van der Waals surface area contributed by atoms with Crippen molar-refractivity contribution in [2.45, 2.75) is 65.6 Å². The topological polar surface area (TPSA) is 58.9 Å². The van der Waals surface area contributed by atoms with E-state index in [2.05, 4.69) is 0 Å². The molecule has 19 heavy (non-hydrogen) atoms. The van der Waals surface area contributed by atoms with Gasteiger partial charge in [0, 0.05) is 12.0 Å². The molecule has 4 heteroatoms. The van der Waals surface area contributed by atoms with Crippen LogP contribution in [0.15, 0.2) is 0 Å². The zero-order valence-corrected chi connectivity index (χ0v) is 13.5. The van der Waals surface area contributed by atoms with E-state index in [0.29, 0.717) is 19.6 Å². The molecule has 0 heterocycles. The number of rotatable bonds is 9. The SMILES string of the molecule is CCC(CO)(CO)COC(C)(C)CCOC(C)(C)C. The Labute approximate surface area is 118 Å². The van der Waals surface area contributed by atoms with Gasteiger partial charge in [0.15, 0.2) is 0 Å². The third-order valence-electron chi connectivity index (χ3n) is 3.43. The first-order valence-electron chi connectivity index (χ1n) is 7.09. The van der Waals surface area contributed by atoms with Gasteiger partial charge in [-0.1, -0.05) is 6.92 Å². The van der Waals surface area contributed by atoms with E-state index in [1.807, 2.05) is 41.5 Å². The molecule has 0 unspecified atom stereocenters. The van der Waals surface area contributed by atoms with Gasteiger partial charge in [-0.05, 0) is 47.5 Å². The van der Waals surface area contributed by atoms with Crippen molar-refractivity contribution in [1.29, 1.82) is 0 Å². The van der Waals surface area contributed by atoms with Crippen molar-refractivity contribution in [2.75, 3.05) is 26.4 Å². The first-order chi connectivity index (χ1) is 8.60. The van der Waals surface area contributed by atoms with Crippen LogP contribution >= 0.6 is 0 Å². The van der Waals surface area contributed by atoms with E-state index in [4.69, 9.17) is 9.47 Å². The van der Waals surface area contributed by atoms with Crippen LogP contribution in [0.2, 0.25) is 0 Å². The molecule has 0 saturated carbocycles. The Morgan fingerprint density at radius 2 is 1.42 bits per heavy atom. The van der Waals surface area contributed by atoms with Gasteiger partial charge in [0.2, 0.25) is 0 Å². The van der Waals surface area contributed by atoms with E-state index in [1.165, 1.54) is 0 Å². The summed E-state index contributed by atoms with van der Waals surface area (Å²) in [6.45, 7) is 12.9. The standard InChI is InChI=1S/C15H32O4/c1-7-15(10-16,11-17)12-19-14(5,6)8-9-18-13(2,3)4/h16-17H,7-12H2,1-6H3. The number of hydrogen-bond acceptors (Lipinski definition) is 4. The second kappa shape index (κ2) is 7.58. The fourth-order valence-corrected chi connectivity index (χ4v) is 1.49. The molecule has 0 aromatic rings. The number of ether oxygens (including phenoxy) is 2. The average molecular weight is 276 g/mol. The predicted octanol–water partition coefficient (Wildman–Crippen LogP) is 2.37. The molecule has 0 spiro atoms. The van der Waals surface area contributed by atoms with E-state index >= 15 is 0 Å². The van der Waals surface area contributed by atoms with Crippen molar-refractivity contribution in [1.82, 2.24) is 0 Å². The third kappa shape index (κ3) is 7.88. The Balaban J connectivity index is 4.22. The molecule has 0 aliphatic rings. The van der Waals surface area contributed by atoms with Gasteiger partial charge in [0.25, 0.3) is 0 Å². The highest BCUT2D eigenvalue weighted by molar-refractivity contribution is 4.79. The van der Waals surface area contributed by atoms with Crippen LogP contribution in [0, 0.1) is 5.41 Å². The number of hydrogen-bond donors (Lipinski definition) is 2. The summed E-state index contributed by atoms with van der Waals surface area (Å²) < 4.78 is 11.6. The monoisotopic (exact) mass is 276 g/mol. The molecular weight excluding hydrogens is 244 g/mol. The van der Waals surface area contributed by atoms with Gasteiger partial charge in [-0.15, -0.1) is 0 Å². The number of aliphatic hydroxyl groups excluding tert-OH is 2. The zero-order valence-electron chi connectivity index (χ0n) is 13.5. The molecule has 0 fully saturated rings. The lowest BCUT2D eigenvalue weighted by Gasteiger charge is -2.34. The van der Waals surface area contributed by atoms with Gasteiger partial charge in [0.1, 0.15) is 0 Å². The molecule has 0 saturated heterocycles. The van der Waals surface area contributed by atoms with Gasteiger partial charge in [0.05, 0.1) is 31.0 Å². The second-order valence-electron chi connectivity index (χ2n) is 6.93. The van der Waals surface area contributed by atoms with Gasteiger partial charge < -0.3 is 19.7 Å². The fraction of sp³-hybridized carbons (Fsp3) is 1.00. The summed E-state index contributed by atoms with van der Waals surface area (Å²) in [7, 11) is 0. The molecular formula is C15H32O4. The summed E-state index contributed by atoms with van der Waals surface area (Å²) in [6, 6.07) is 0. The van der Waals surface area contributed by atoms with Gasteiger partial charge >= 0.3 is 0 Å². The maximum atomic E-state index is 9.39. The third-order valence-corrected chi connectivity index (χ3v) is 3.43. The highest BCUT2D eigenvalue weighted by Gasteiger charge is 2.30. The molecule has 0 bridgehead atoms. The Kier molecular flexibility index (Phi) is 7.51. The normalized spacial score (nSPS) is 13.9. The molecule has 0 radical (unpaired) electrons. The Morgan fingerprint density at radius 3 is 1.79 bits per heavy atom. The van der Waals surface area contributed by atoms with Gasteiger partial charge in [-0.25, -0.2) is 0 Å². The summed E-state index contributed by atoms with van der Waals surface area (Å²) in [5.41, 5.74) is -1.00. The van der Waals surface area contributed by atoms with Crippen LogP contribution in [0.5, 0.6) is 0 Å². The first-order valence-corrected chi connectivity index (χ1v) is 7.09. The molecule has 0 aromatic heterocycles. The van der Waals surface area contributed by atoms with Crippen LogP contribution in [0.1, 0.15) is 54.4 Å². The van der Waals surface area contributed by atoms with Crippen LogP contribution in [0.25, 0.3) is 0 Å². The summed E-state index contributed by atoms with van der Waals surface area (Å²) in [5, 5.41) is 18.8. The van der Waals surface area contributed by atoms with Crippen LogP contribution in [-0.4, -0.2) is 47.8 Å². The van der Waals surface area contributed by atoms with Gasteiger partial charge in [-0.2, -0.15) is 0 Å². The molecule has 0 rings (SSSR count). The summed E-state index contributed by atoms with van der Waals surface area (Å²) >= 11 is 0. The summed E-state index contributed by atoms with van der Waals surface area (Å²) in [4.78, 5) is 0. The Morgan fingerprint density at radius 1 is 0.895 bits per heavy atom. The lowest BCUT2D eigenvalue weighted by molar-refractivity contribution is -0.111. The predicted molar refractivity (Wildman–Crippen MR) is 77.2 cm³/mol. The smallest absolute Gasteiger partial charge is 0.0648 e. The van der Waals surface area contributed by atoms with E-state index in [0.717, 1.165) is 6.42 Å². The molecule has 0 aromatic carbocycles. The van der Waals surface area contributed by atoms with E-state index < -0.39 is 5.41 Å². The minimum atomic E-state index is -0.540. The highest BCUT2D eigenvalue weighted by atomic mass is 16.5. The lowest BCUT2D eigenvalue weighted by Crippen LogP contribution is -2.39. The van der Waals surface area contributed by atoms with Crippen molar-refractivity contribution >= 4 is 0 Å². The fourth-order valence-electron chi connectivity index (χ4n) is 1.49. The zero-order chi connectivity index (χ0) is 15.2. The van der Waals surface area contributed by atoms with Crippen LogP contribution in [0.4, 0.5) is 0 Å². The first kappa shape index (κ1) is 18.8. The summed E-state index contributed by atoms with van der Waals surface area (Å²) in [5.74, 6) is 0. The highest BCUT2D eigenvalue weighted by Crippen LogP contribution is 2.25. The van der Waals surface area contributed by atoms with Crippen LogP contribution < -0.4 is 0 Å². The molecule has 0 aliphatic carbocycles. The van der Waals surface area contributed by atoms with E-state index in [9.17, 15) is 10.2 Å². The minimum absolute atomic E-state index is 0.0609. The lowest BCUT2D eigenvalue weighted by atomic mass is 9.88. The molecule has 0 aliphatic heterocycles. The Bertz CT molecular complexity index is 231. The maximum Gasteiger partial charge on any atom is 0.0648 e. The molecule has 116 valence electrons. The van der Waals surface area contributed by atoms with Crippen molar-refractivity contribution in [3.8, 4) is 0 Å². The summed E-state index contributed by atoms with van der Waals surface area (Å²) in [6.07, 6.45) is 1.47. The molecule has 4 nitrogen and oxygen atoms in total. The van der Waals surface area contributed by atoms with Crippen molar-refractivity contribution < 1.29 is 19.7 Å². The quantitative estimate of drug-likeness (QED) is 0.679. The maximum absolute atomic E-state index is 9.39. The Hall–Kier alpha value is -0.160. The minimum Gasteiger partial charge on any atom is -0.396 e. The van der Waals surface area contributed by atoms with Crippen LogP contribution in [-0.2, 0) is 9.47 Å². The second-order valence-corrected chi connectivity index (χ2v) is 6.93. The van der Waals surface area contributed by atoms with Crippen LogP contribution in [0.3, 0.4) is 0 Å². The van der Waals surface area contributed by atoms with Gasteiger partial charge in [-0.3, -0.25) is 0 Å². The molecule has 0 atom stereocenters. The van der Waals surface area contributed by atoms with Crippen molar-refractivity contribution in [3.63, 3.8) is 0 Å². The average Bonchev–Trinajstić information content (AvgIpc) is 2.29. The van der Waals surface area contributed by atoms with Crippen molar-refractivity contribution in [2.24, 2.45) is 5.41 Å².